The first kappa shape index (κ1) is 18.7. The van der Waals surface area contributed by atoms with Crippen LogP contribution >= 0.6 is 11.6 Å². The third-order valence-corrected chi connectivity index (χ3v) is 4.80. The van der Waals surface area contributed by atoms with Crippen molar-refractivity contribution in [2.75, 3.05) is 23.8 Å². The summed E-state index contributed by atoms with van der Waals surface area (Å²) < 4.78 is 19.1. The SMILES string of the molecule is Fc1ccc(Nc2nc(NCC3CCCO3)cc(-c3ccccc3)n2)cc1Cl. The Morgan fingerprint density at radius 3 is 2.71 bits per heavy atom. The molecular weight excluding hydrogens is 379 g/mol. The molecule has 2 N–H and O–H groups in total. The number of halogens is 2. The summed E-state index contributed by atoms with van der Waals surface area (Å²) >= 11 is 5.88. The highest BCUT2D eigenvalue weighted by Gasteiger charge is 2.16. The molecule has 5 nitrogen and oxygen atoms in total. The van der Waals surface area contributed by atoms with Gasteiger partial charge in [0.25, 0.3) is 0 Å². The van der Waals surface area contributed by atoms with E-state index < -0.39 is 5.82 Å². The van der Waals surface area contributed by atoms with Gasteiger partial charge in [0.2, 0.25) is 5.95 Å². The molecule has 3 aromatic rings. The molecule has 0 aliphatic carbocycles. The van der Waals surface area contributed by atoms with Crippen LogP contribution in [0.5, 0.6) is 0 Å². The molecule has 2 aromatic carbocycles. The highest BCUT2D eigenvalue weighted by Crippen LogP contribution is 2.25. The average Bonchev–Trinajstić information content (AvgIpc) is 3.23. The molecule has 7 heteroatoms. The van der Waals surface area contributed by atoms with Crippen LogP contribution in [0.2, 0.25) is 5.02 Å². The van der Waals surface area contributed by atoms with E-state index in [2.05, 4.69) is 20.6 Å². The molecule has 0 saturated carbocycles. The van der Waals surface area contributed by atoms with Crippen molar-refractivity contribution >= 4 is 29.1 Å². The number of ether oxygens (including phenoxy) is 1. The van der Waals surface area contributed by atoms with Crippen LogP contribution in [-0.2, 0) is 4.74 Å². The average molecular weight is 399 g/mol. The van der Waals surface area contributed by atoms with Gasteiger partial charge >= 0.3 is 0 Å². The fourth-order valence-electron chi connectivity index (χ4n) is 3.08. The summed E-state index contributed by atoms with van der Waals surface area (Å²) in [6.07, 6.45) is 2.33. The smallest absolute Gasteiger partial charge is 0.229 e. The Morgan fingerprint density at radius 1 is 1.11 bits per heavy atom. The first-order valence-corrected chi connectivity index (χ1v) is 9.57. The summed E-state index contributed by atoms with van der Waals surface area (Å²) in [7, 11) is 0. The Balaban J connectivity index is 1.61. The number of aromatic nitrogens is 2. The fraction of sp³-hybridized carbons (Fsp3) is 0.238. The van der Waals surface area contributed by atoms with E-state index in [1.54, 1.807) is 6.07 Å². The lowest BCUT2D eigenvalue weighted by atomic mass is 10.1. The highest BCUT2D eigenvalue weighted by molar-refractivity contribution is 6.31. The summed E-state index contributed by atoms with van der Waals surface area (Å²) in [4.78, 5) is 9.14. The molecule has 1 unspecified atom stereocenters. The maximum atomic E-state index is 13.4. The molecule has 4 rings (SSSR count). The lowest BCUT2D eigenvalue weighted by Gasteiger charge is -2.14. The number of nitrogens with one attached hydrogen (secondary N) is 2. The van der Waals surface area contributed by atoms with Crippen molar-refractivity contribution in [1.82, 2.24) is 9.97 Å². The molecule has 1 aliphatic rings. The number of hydrogen-bond acceptors (Lipinski definition) is 5. The minimum atomic E-state index is -0.468. The quantitative estimate of drug-likeness (QED) is 0.592. The Hall–Kier alpha value is -2.70. The Morgan fingerprint density at radius 2 is 1.96 bits per heavy atom. The van der Waals surface area contributed by atoms with Crippen molar-refractivity contribution in [3.8, 4) is 11.3 Å². The Kier molecular flexibility index (Phi) is 5.69. The zero-order chi connectivity index (χ0) is 19.3. The van der Waals surface area contributed by atoms with Gasteiger partial charge < -0.3 is 15.4 Å². The minimum absolute atomic E-state index is 0.0425. The lowest BCUT2D eigenvalue weighted by molar-refractivity contribution is 0.120. The maximum absolute atomic E-state index is 13.4. The van der Waals surface area contributed by atoms with E-state index in [1.165, 1.54) is 12.1 Å². The molecule has 1 fully saturated rings. The summed E-state index contributed by atoms with van der Waals surface area (Å²) in [6.45, 7) is 1.50. The van der Waals surface area contributed by atoms with Gasteiger partial charge in [-0.25, -0.2) is 9.37 Å². The first-order chi connectivity index (χ1) is 13.7. The van der Waals surface area contributed by atoms with E-state index in [4.69, 9.17) is 16.3 Å². The van der Waals surface area contributed by atoms with Crippen LogP contribution < -0.4 is 10.6 Å². The van der Waals surface area contributed by atoms with Crippen LogP contribution in [0.3, 0.4) is 0 Å². The van der Waals surface area contributed by atoms with Gasteiger partial charge in [-0.1, -0.05) is 41.9 Å². The lowest BCUT2D eigenvalue weighted by Crippen LogP contribution is -2.19. The summed E-state index contributed by atoms with van der Waals surface area (Å²) in [6, 6.07) is 16.2. The van der Waals surface area contributed by atoms with Gasteiger partial charge in [0.15, 0.2) is 0 Å². The molecule has 1 aliphatic heterocycles. The van der Waals surface area contributed by atoms with Crippen LogP contribution in [0.15, 0.2) is 54.6 Å². The van der Waals surface area contributed by atoms with Crippen LogP contribution in [0.1, 0.15) is 12.8 Å². The number of nitrogens with zero attached hydrogens (tertiary/aromatic N) is 2. The van der Waals surface area contributed by atoms with Gasteiger partial charge in [-0.3, -0.25) is 0 Å². The van der Waals surface area contributed by atoms with E-state index in [1.807, 2.05) is 36.4 Å². The second-order valence-corrected chi connectivity index (χ2v) is 7.01. The van der Waals surface area contributed by atoms with E-state index in [9.17, 15) is 4.39 Å². The van der Waals surface area contributed by atoms with Gasteiger partial charge in [-0.15, -0.1) is 0 Å². The topological polar surface area (TPSA) is 59.1 Å². The van der Waals surface area contributed by atoms with Crippen LogP contribution in [0.25, 0.3) is 11.3 Å². The summed E-state index contributed by atoms with van der Waals surface area (Å²) in [5.41, 5.74) is 2.37. The number of hydrogen-bond donors (Lipinski definition) is 2. The fourth-order valence-corrected chi connectivity index (χ4v) is 3.26. The maximum Gasteiger partial charge on any atom is 0.229 e. The Labute approximate surface area is 167 Å². The molecule has 2 heterocycles. The van der Waals surface area contributed by atoms with Crippen molar-refractivity contribution in [2.45, 2.75) is 18.9 Å². The standard InChI is InChI=1S/C21H20ClFN4O/c22-17-11-15(8-9-18(17)23)25-21-26-19(14-5-2-1-3-6-14)12-20(27-21)24-13-16-7-4-10-28-16/h1-3,5-6,8-9,11-12,16H,4,7,10,13H2,(H2,24,25,26,27). The normalized spacial score (nSPS) is 16.1. The molecule has 0 amide bonds. The van der Waals surface area contributed by atoms with Crippen LogP contribution in [0.4, 0.5) is 21.8 Å². The summed E-state index contributed by atoms with van der Waals surface area (Å²) in [5.74, 6) is 0.629. The van der Waals surface area contributed by atoms with Gasteiger partial charge in [0.1, 0.15) is 11.6 Å². The molecule has 1 saturated heterocycles. The predicted octanol–water partition coefficient (Wildman–Crippen LogP) is 5.27. The zero-order valence-corrected chi connectivity index (χ0v) is 15.9. The molecule has 1 atom stereocenters. The van der Waals surface area contributed by atoms with Gasteiger partial charge in [-0.05, 0) is 31.0 Å². The van der Waals surface area contributed by atoms with Crippen LogP contribution in [0, 0.1) is 5.82 Å². The molecule has 0 radical (unpaired) electrons. The van der Waals surface area contributed by atoms with E-state index in [0.717, 1.165) is 30.7 Å². The van der Waals surface area contributed by atoms with Crippen molar-refractivity contribution in [1.29, 1.82) is 0 Å². The van der Waals surface area contributed by atoms with Crippen LogP contribution in [-0.4, -0.2) is 29.2 Å². The molecule has 1 aromatic heterocycles. The third-order valence-electron chi connectivity index (χ3n) is 4.51. The molecule has 144 valence electrons. The van der Waals surface area contributed by atoms with E-state index in [-0.39, 0.29) is 11.1 Å². The number of anilines is 3. The first-order valence-electron chi connectivity index (χ1n) is 9.19. The van der Waals surface area contributed by atoms with Gasteiger partial charge in [0.05, 0.1) is 16.8 Å². The van der Waals surface area contributed by atoms with Crippen molar-refractivity contribution in [2.24, 2.45) is 0 Å². The van der Waals surface area contributed by atoms with Crippen molar-refractivity contribution < 1.29 is 9.13 Å². The molecule has 0 bridgehead atoms. The third kappa shape index (κ3) is 4.58. The number of rotatable bonds is 6. The second-order valence-electron chi connectivity index (χ2n) is 6.60. The van der Waals surface area contributed by atoms with E-state index >= 15 is 0 Å². The van der Waals surface area contributed by atoms with Crippen molar-refractivity contribution in [3.05, 3.63) is 65.4 Å². The molecule has 28 heavy (non-hydrogen) atoms. The predicted molar refractivity (Wildman–Crippen MR) is 110 cm³/mol. The highest BCUT2D eigenvalue weighted by atomic mass is 35.5. The minimum Gasteiger partial charge on any atom is -0.376 e. The van der Waals surface area contributed by atoms with E-state index in [0.29, 0.717) is 24.0 Å². The Bertz CT molecular complexity index is 948. The molecule has 0 spiro atoms. The van der Waals surface area contributed by atoms with Crippen molar-refractivity contribution in [3.63, 3.8) is 0 Å². The zero-order valence-electron chi connectivity index (χ0n) is 15.2. The molecular formula is C21H20ClFN4O. The monoisotopic (exact) mass is 398 g/mol. The largest absolute Gasteiger partial charge is 0.376 e. The second kappa shape index (κ2) is 8.54. The van der Waals surface area contributed by atoms with Gasteiger partial charge in [0, 0.05) is 30.5 Å². The van der Waals surface area contributed by atoms with Gasteiger partial charge in [-0.2, -0.15) is 4.98 Å². The number of benzene rings is 2. The summed E-state index contributed by atoms with van der Waals surface area (Å²) in [5, 5.41) is 6.49.